The van der Waals surface area contributed by atoms with Crippen LogP contribution in [0.3, 0.4) is 0 Å². The lowest BCUT2D eigenvalue weighted by atomic mass is 9.91. The van der Waals surface area contributed by atoms with Crippen LogP contribution in [0.15, 0.2) is 0 Å². The third-order valence-electron chi connectivity index (χ3n) is 7.05. The molecule has 53 heavy (non-hydrogen) atoms. The van der Waals surface area contributed by atoms with Crippen molar-refractivity contribution in [2.75, 3.05) is 0 Å². The van der Waals surface area contributed by atoms with Gasteiger partial charge in [0, 0.05) is 22.4 Å². The predicted molar refractivity (Wildman–Crippen MR) is 232 cm³/mol. The van der Waals surface area contributed by atoms with Gasteiger partial charge in [0.25, 0.3) is 0 Å². The van der Waals surface area contributed by atoms with Crippen molar-refractivity contribution < 1.29 is 35.9 Å². The minimum atomic E-state index is -3.98. The normalized spacial score (nSPS) is 19.6. The van der Waals surface area contributed by atoms with Crippen LogP contribution in [-0.2, 0) is 0 Å². The van der Waals surface area contributed by atoms with Crippen LogP contribution in [0.1, 0.15) is 258 Å². The van der Waals surface area contributed by atoms with E-state index in [1.165, 1.54) is 32.1 Å². The molecule has 0 nitrogen and oxygen atoms in total. The number of halogens is 6. The van der Waals surface area contributed by atoms with Gasteiger partial charge in [0.15, 0.2) is 0 Å². The largest absolute Gasteiger partial charge is 0.389 e. The second kappa shape index (κ2) is 41.2. The molecule has 6 heteroatoms. The first-order chi connectivity index (χ1) is 26.0. The Morgan fingerprint density at radius 1 is 0.566 bits per heavy atom. The molecule has 2 aliphatic rings. The van der Waals surface area contributed by atoms with Crippen molar-refractivity contribution in [3.05, 3.63) is 0 Å². The Balaban J connectivity index is -0.000000107. The Bertz CT molecular complexity index is 854. The highest BCUT2D eigenvalue weighted by Gasteiger charge is 2.29. The van der Waals surface area contributed by atoms with Gasteiger partial charge in [-0.2, -0.15) is 26.3 Å². The van der Waals surface area contributed by atoms with Crippen molar-refractivity contribution in [3.8, 4) is 0 Å². The van der Waals surface area contributed by atoms with Crippen LogP contribution in [0.2, 0.25) is 0 Å². The Morgan fingerprint density at radius 2 is 0.755 bits per heavy atom. The van der Waals surface area contributed by atoms with Gasteiger partial charge in [-0.25, -0.2) is 0 Å². The molecule has 0 aromatic rings. The Kier molecular flexibility index (Phi) is 39.4. The number of hydrogen-bond donors (Lipinski definition) is 0. The Morgan fingerprint density at radius 3 is 0.830 bits per heavy atom. The fourth-order valence-electron chi connectivity index (χ4n) is 3.21. The lowest BCUT2D eigenvalue weighted by molar-refractivity contribution is -0.144. The first-order valence-corrected chi connectivity index (χ1v) is 20.7. The molecule has 0 radical (unpaired) electrons. The maximum atomic E-state index is 11.5. The Hall–Kier alpha value is -0.420. The monoisotopic (exact) mass is 788 g/mol. The molecule has 0 spiro atoms. The van der Waals surface area contributed by atoms with E-state index in [2.05, 4.69) is 27.7 Å². The molecular weight excluding hydrogens is 679 g/mol. The van der Waals surface area contributed by atoms with Crippen molar-refractivity contribution in [1.82, 2.24) is 0 Å². The van der Waals surface area contributed by atoms with E-state index in [-0.39, 0.29) is 40.9 Å². The maximum absolute atomic E-state index is 11.5. The average Bonchev–Trinajstić information content (AvgIpc) is 3.38. The van der Waals surface area contributed by atoms with Crippen LogP contribution < -0.4 is 0 Å². The molecule has 0 heterocycles. The van der Waals surface area contributed by atoms with Crippen molar-refractivity contribution >= 4 is 0 Å². The van der Waals surface area contributed by atoms with Gasteiger partial charge in [0.2, 0.25) is 0 Å². The van der Waals surface area contributed by atoms with E-state index < -0.39 is 37.9 Å². The molecule has 0 bridgehead atoms. The van der Waals surface area contributed by atoms with Crippen molar-refractivity contribution in [2.45, 2.75) is 261 Å². The average molecular weight is 788 g/mol. The number of hydrogen-bond acceptors (Lipinski definition) is 0. The Labute approximate surface area is 342 Å². The maximum Gasteiger partial charge on any atom is 0.389 e. The van der Waals surface area contributed by atoms with Gasteiger partial charge in [-0.05, 0) is 46.3 Å². The first kappa shape index (κ1) is 50.6. The predicted octanol–water partition coefficient (Wildman–Crippen LogP) is 20.0. The van der Waals surface area contributed by atoms with E-state index in [4.69, 9.17) is 9.60 Å². The zero-order valence-corrected chi connectivity index (χ0v) is 39.7. The smallest absolute Gasteiger partial charge is 0.171 e. The van der Waals surface area contributed by atoms with Crippen LogP contribution in [0.4, 0.5) is 26.3 Å². The summed E-state index contributed by atoms with van der Waals surface area (Å²) in [5.41, 5.74) is 0.271. The van der Waals surface area contributed by atoms with Gasteiger partial charge < -0.3 is 0 Å². The number of alkyl halides is 6. The molecule has 332 valence electrons. The molecule has 0 saturated heterocycles. The summed E-state index contributed by atoms with van der Waals surface area (Å²) in [6.07, 6.45) is 0.818. The lowest BCUT2D eigenvalue weighted by Gasteiger charge is -2.15. The van der Waals surface area contributed by atoms with Gasteiger partial charge in [-0.1, -0.05) is 236 Å². The standard InChI is InChI=1S/C7H14.2C6H11F3.C6H12.C6H14.2C5H12.C4H10.C2H6/c1-7-5-3-2-4-6-7;2*1-3-5(2)4-6(7,8)9;1-6-4-2-3-5-6;1-5-6(2,3)4;1-5(2,3)4;1-4-5(2)3;1-4(2)3;1-2/h7H,2-6H2,1H3;2*5H,3-4H2,1-2H3;6H,2-5H2,1H3;5H2,1-4H3;1-4H3;5H,4H2,1-3H3;4H,1-3H3;1-2H3/i7D;;;6D;5D2;;4D2;4D;. The molecular formula is C47H102F6. The highest BCUT2D eigenvalue weighted by Crippen LogP contribution is 2.27. The first-order valence-electron chi connectivity index (χ1n) is 24.2. The highest BCUT2D eigenvalue weighted by atomic mass is 19.4. The van der Waals surface area contributed by atoms with E-state index in [9.17, 15) is 26.3 Å². The molecule has 2 atom stereocenters. The summed E-state index contributed by atoms with van der Waals surface area (Å²) < 4.78 is 120. The van der Waals surface area contributed by atoms with E-state index in [1.54, 1.807) is 41.5 Å². The third-order valence-corrected chi connectivity index (χ3v) is 7.05. The van der Waals surface area contributed by atoms with E-state index in [0.717, 1.165) is 25.7 Å². The molecule has 2 fully saturated rings. The molecule has 0 N–H and O–H groups in total. The van der Waals surface area contributed by atoms with Crippen molar-refractivity contribution in [3.63, 3.8) is 0 Å². The van der Waals surface area contributed by atoms with Gasteiger partial charge in [-0.15, -0.1) is 0 Å². The van der Waals surface area contributed by atoms with E-state index >= 15 is 0 Å². The molecule has 0 aromatic carbocycles. The molecule has 0 aromatic heterocycles. The summed E-state index contributed by atoms with van der Waals surface area (Å²) in [5.74, 6) is -0.708. The topological polar surface area (TPSA) is 0 Å². The van der Waals surface area contributed by atoms with Crippen LogP contribution >= 0.6 is 0 Å². The molecule has 2 saturated carbocycles. The van der Waals surface area contributed by atoms with Crippen LogP contribution in [0.5, 0.6) is 0 Å². The lowest BCUT2D eigenvalue weighted by Crippen LogP contribution is -2.12. The summed E-state index contributed by atoms with van der Waals surface area (Å²) in [4.78, 5) is 0. The molecule has 2 aliphatic carbocycles. The molecule has 2 rings (SSSR count). The molecule has 0 amide bonds. The summed E-state index contributed by atoms with van der Waals surface area (Å²) in [5, 5.41) is 0. The fourth-order valence-corrected chi connectivity index (χ4v) is 3.21. The SMILES string of the molecule is CC.CC(C)(C)C.CCC(C)CC(F)(F)F.CCC(C)CC(F)(F)F.[2H]C(C)(C)C.[2H]C([2H])(C)C(C)(C)C.[2H]C([2H])(C)C(C)C.[2H]C1(C)CCCC1.[2H]C1(C)CCCCC1. The van der Waals surface area contributed by atoms with Crippen molar-refractivity contribution in [2.24, 2.45) is 46.3 Å². The summed E-state index contributed by atoms with van der Waals surface area (Å²) in [6, 6.07) is 0. The molecule has 0 aliphatic heterocycles. The highest BCUT2D eigenvalue weighted by molar-refractivity contribution is 4.61. The van der Waals surface area contributed by atoms with Crippen LogP contribution in [0, 0.1) is 46.3 Å². The zero-order chi connectivity index (χ0) is 50.4. The van der Waals surface area contributed by atoms with E-state index in [0.29, 0.717) is 18.3 Å². The summed E-state index contributed by atoms with van der Waals surface area (Å²) >= 11 is 0. The van der Waals surface area contributed by atoms with Gasteiger partial charge in [0.05, 0.1) is 0 Å². The second-order valence-electron chi connectivity index (χ2n) is 17.8. The fraction of sp³-hybridized carbons (Fsp3) is 1.00. The molecule has 2 unspecified atom stereocenters. The van der Waals surface area contributed by atoms with Crippen LogP contribution in [-0.4, -0.2) is 12.4 Å². The van der Waals surface area contributed by atoms with Gasteiger partial charge >= 0.3 is 12.4 Å². The minimum absolute atomic E-state index is 0.0556. The summed E-state index contributed by atoms with van der Waals surface area (Å²) in [7, 11) is 0. The third kappa shape index (κ3) is 112. The number of rotatable bonds is 5. The minimum Gasteiger partial charge on any atom is -0.171 e. The van der Waals surface area contributed by atoms with Gasteiger partial charge in [-0.3, -0.25) is 0 Å². The van der Waals surface area contributed by atoms with Gasteiger partial charge in [0.1, 0.15) is 0 Å². The quantitative estimate of drug-likeness (QED) is 0.244. The van der Waals surface area contributed by atoms with Crippen LogP contribution in [0.25, 0.3) is 0 Å². The summed E-state index contributed by atoms with van der Waals surface area (Å²) in [6.45, 7) is 41.8. The zero-order valence-electron chi connectivity index (χ0n) is 46.7. The van der Waals surface area contributed by atoms with E-state index in [1.807, 2.05) is 83.1 Å². The van der Waals surface area contributed by atoms with Crippen molar-refractivity contribution in [1.29, 1.82) is 0 Å². The second-order valence-corrected chi connectivity index (χ2v) is 17.8.